The summed E-state index contributed by atoms with van der Waals surface area (Å²) < 4.78 is 23.5. The fraction of sp³-hybridized carbons (Fsp3) is 0.462. The molecule has 1 aromatic carbocycles. The first-order chi connectivity index (χ1) is 8.41. The molecule has 0 atom stereocenters. The second-order valence-electron chi connectivity index (χ2n) is 4.23. The zero-order valence-electron chi connectivity index (χ0n) is 10.8. The van der Waals surface area contributed by atoms with Crippen LogP contribution >= 0.6 is 0 Å². The van der Waals surface area contributed by atoms with Crippen molar-refractivity contribution in [2.45, 2.75) is 26.9 Å². The van der Waals surface area contributed by atoms with E-state index < -0.39 is 11.8 Å². The van der Waals surface area contributed by atoms with Crippen molar-refractivity contribution in [3.8, 4) is 0 Å². The number of anilines is 1. The smallest absolute Gasteiger partial charge is 0.338 e. The summed E-state index contributed by atoms with van der Waals surface area (Å²) in [5.74, 6) is -1.12. The lowest BCUT2D eigenvalue weighted by Gasteiger charge is -2.09. The van der Waals surface area contributed by atoms with Crippen molar-refractivity contribution in [3.05, 3.63) is 29.1 Å². The molecule has 0 spiro atoms. The minimum atomic E-state index is -0.604. The van der Waals surface area contributed by atoms with E-state index in [1.54, 1.807) is 6.92 Å². The van der Waals surface area contributed by atoms with E-state index in [4.69, 9.17) is 15.2 Å². The standard InChI is InChI=1S/C13H18FNO3/c1-8(2)17-4-5-18-13(16)10-6-11(14)9(3)12(15)7-10/h6-8H,4-5,15H2,1-3H3. The number of nitrogens with two attached hydrogens (primary N) is 1. The molecule has 0 unspecified atom stereocenters. The molecule has 18 heavy (non-hydrogen) atoms. The molecule has 0 aromatic heterocycles. The molecule has 1 rings (SSSR count). The van der Waals surface area contributed by atoms with Gasteiger partial charge in [0.1, 0.15) is 12.4 Å². The molecule has 5 heteroatoms. The lowest BCUT2D eigenvalue weighted by Crippen LogP contribution is -2.14. The van der Waals surface area contributed by atoms with Crippen molar-refractivity contribution >= 4 is 11.7 Å². The van der Waals surface area contributed by atoms with E-state index >= 15 is 0 Å². The van der Waals surface area contributed by atoms with Crippen molar-refractivity contribution in [1.82, 2.24) is 0 Å². The maximum Gasteiger partial charge on any atom is 0.338 e. The van der Waals surface area contributed by atoms with Crippen LogP contribution < -0.4 is 5.73 Å². The summed E-state index contributed by atoms with van der Waals surface area (Å²) in [6.07, 6.45) is 0.0798. The number of nitrogen functional groups attached to an aromatic ring is 1. The Hall–Kier alpha value is -1.62. The van der Waals surface area contributed by atoms with Crippen LogP contribution in [0.25, 0.3) is 0 Å². The SMILES string of the molecule is Cc1c(N)cc(C(=O)OCCOC(C)C)cc1F. The van der Waals surface area contributed by atoms with Gasteiger partial charge in [-0.3, -0.25) is 0 Å². The average Bonchev–Trinajstić information content (AvgIpc) is 2.30. The molecular formula is C13H18FNO3. The molecule has 0 saturated carbocycles. The van der Waals surface area contributed by atoms with Gasteiger partial charge < -0.3 is 15.2 Å². The zero-order chi connectivity index (χ0) is 13.7. The normalized spacial score (nSPS) is 10.7. The number of hydrogen-bond donors (Lipinski definition) is 1. The summed E-state index contributed by atoms with van der Waals surface area (Å²) in [6, 6.07) is 2.53. The molecular weight excluding hydrogens is 237 g/mol. The second-order valence-corrected chi connectivity index (χ2v) is 4.23. The largest absolute Gasteiger partial charge is 0.460 e. The van der Waals surface area contributed by atoms with Gasteiger partial charge in [-0.2, -0.15) is 0 Å². The van der Waals surface area contributed by atoms with E-state index in [1.807, 2.05) is 13.8 Å². The number of esters is 1. The van der Waals surface area contributed by atoms with Gasteiger partial charge in [-0.25, -0.2) is 9.18 Å². The van der Waals surface area contributed by atoms with Crippen LogP contribution in [-0.2, 0) is 9.47 Å². The van der Waals surface area contributed by atoms with Crippen molar-refractivity contribution < 1.29 is 18.7 Å². The van der Waals surface area contributed by atoms with E-state index in [1.165, 1.54) is 6.07 Å². The van der Waals surface area contributed by atoms with Crippen LogP contribution in [-0.4, -0.2) is 25.3 Å². The van der Waals surface area contributed by atoms with E-state index in [9.17, 15) is 9.18 Å². The Morgan fingerprint density at radius 3 is 2.61 bits per heavy atom. The van der Waals surface area contributed by atoms with Gasteiger partial charge in [0.05, 0.1) is 18.3 Å². The quantitative estimate of drug-likeness (QED) is 0.498. The molecule has 0 bridgehead atoms. The zero-order valence-corrected chi connectivity index (χ0v) is 10.8. The minimum absolute atomic E-state index is 0.0798. The third-order valence-electron chi connectivity index (χ3n) is 2.39. The molecule has 0 aliphatic carbocycles. The van der Waals surface area contributed by atoms with Gasteiger partial charge in [-0.1, -0.05) is 0 Å². The molecule has 1 aromatic rings. The molecule has 0 aliphatic heterocycles. The Morgan fingerprint density at radius 1 is 1.39 bits per heavy atom. The third kappa shape index (κ3) is 4.00. The van der Waals surface area contributed by atoms with E-state index in [0.717, 1.165) is 6.07 Å². The maximum atomic E-state index is 13.4. The summed E-state index contributed by atoms with van der Waals surface area (Å²) >= 11 is 0. The van der Waals surface area contributed by atoms with Gasteiger partial charge in [-0.15, -0.1) is 0 Å². The van der Waals surface area contributed by atoms with Crippen LogP contribution in [0, 0.1) is 12.7 Å². The van der Waals surface area contributed by atoms with Crippen LogP contribution in [0.4, 0.5) is 10.1 Å². The van der Waals surface area contributed by atoms with Gasteiger partial charge in [-0.05, 0) is 32.9 Å². The summed E-state index contributed by atoms with van der Waals surface area (Å²) in [7, 11) is 0. The molecule has 100 valence electrons. The number of ether oxygens (including phenoxy) is 2. The van der Waals surface area contributed by atoms with Crippen LogP contribution in [0.3, 0.4) is 0 Å². The molecule has 0 heterocycles. The lowest BCUT2D eigenvalue weighted by molar-refractivity contribution is 0.0176. The summed E-state index contributed by atoms with van der Waals surface area (Å²) in [6.45, 7) is 5.77. The number of carbonyl (C=O) groups excluding carboxylic acids is 1. The molecule has 0 aliphatic rings. The Labute approximate surface area is 106 Å². The first-order valence-corrected chi connectivity index (χ1v) is 5.76. The highest BCUT2D eigenvalue weighted by Gasteiger charge is 2.12. The number of rotatable bonds is 5. The molecule has 0 amide bonds. The van der Waals surface area contributed by atoms with Gasteiger partial charge in [0.2, 0.25) is 0 Å². The predicted molar refractivity (Wildman–Crippen MR) is 66.9 cm³/mol. The fourth-order valence-corrected chi connectivity index (χ4v) is 1.32. The average molecular weight is 255 g/mol. The highest BCUT2D eigenvalue weighted by Crippen LogP contribution is 2.18. The minimum Gasteiger partial charge on any atom is -0.460 e. The maximum absolute atomic E-state index is 13.4. The fourth-order valence-electron chi connectivity index (χ4n) is 1.32. The van der Waals surface area contributed by atoms with E-state index in [0.29, 0.717) is 12.2 Å². The Balaban J connectivity index is 2.57. The first kappa shape index (κ1) is 14.4. The summed E-state index contributed by atoms with van der Waals surface area (Å²) in [5.41, 5.74) is 6.26. The molecule has 0 saturated heterocycles. The van der Waals surface area contributed by atoms with Gasteiger partial charge >= 0.3 is 5.97 Å². The number of benzene rings is 1. The monoisotopic (exact) mass is 255 g/mol. The van der Waals surface area contributed by atoms with Crippen LogP contribution in [0.2, 0.25) is 0 Å². The number of carbonyl (C=O) groups is 1. The third-order valence-corrected chi connectivity index (χ3v) is 2.39. The Bertz CT molecular complexity index is 409. The van der Waals surface area contributed by atoms with Crippen molar-refractivity contribution in [3.63, 3.8) is 0 Å². The highest BCUT2D eigenvalue weighted by molar-refractivity contribution is 5.90. The van der Waals surface area contributed by atoms with Crippen molar-refractivity contribution in [2.24, 2.45) is 0 Å². The van der Waals surface area contributed by atoms with Crippen molar-refractivity contribution in [1.29, 1.82) is 0 Å². The highest BCUT2D eigenvalue weighted by atomic mass is 19.1. The molecule has 2 N–H and O–H groups in total. The Kier molecular flexibility index (Phi) is 5.09. The Morgan fingerprint density at radius 2 is 2.06 bits per heavy atom. The van der Waals surface area contributed by atoms with Crippen LogP contribution in [0.15, 0.2) is 12.1 Å². The predicted octanol–water partition coefficient (Wildman–Crippen LogP) is 2.30. The molecule has 4 nitrogen and oxygen atoms in total. The van der Waals surface area contributed by atoms with Crippen LogP contribution in [0.5, 0.6) is 0 Å². The van der Waals surface area contributed by atoms with E-state index in [-0.39, 0.29) is 24.0 Å². The second kappa shape index (κ2) is 6.35. The lowest BCUT2D eigenvalue weighted by atomic mass is 10.1. The van der Waals surface area contributed by atoms with Gasteiger partial charge in [0.25, 0.3) is 0 Å². The topological polar surface area (TPSA) is 61.6 Å². The first-order valence-electron chi connectivity index (χ1n) is 5.76. The molecule has 0 fully saturated rings. The van der Waals surface area contributed by atoms with Crippen molar-refractivity contribution in [2.75, 3.05) is 18.9 Å². The van der Waals surface area contributed by atoms with Crippen LogP contribution in [0.1, 0.15) is 29.8 Å². The summed E-state index contributed by atoms with van der Waals surface area (Å²) in [5, 5.41) is 0. The number of halogens is 1. The molecule has 0 radical (unpaired) electrons. The van der Waals surface area contributed by atoms with E-state index in [2.05, 4.69) is 0 Å². The van der Waals surface area contributed by atoms with Gasteiger partial charge in [0.15, 0.2) is 0 Å². The summed E-state index contributed by atoms with van der Waals surface area (Å²) in [4.78, 5) is 11.6. The van der Waals surface area contributed by atoms with Gasteiger partial charge in [0, 0.05) is 11.3 Å². The number of hydrogen-bond acceptors (Lipinski definition) is 4.